The van der Waals surface area contributed by atoms with Gasteiger partial charge in [0.2, 0.25) is 0 Å². The summed E-state index contributed by atoms with van der Waals surface area (Å²) in [6, 6.07) is 15.6. The standard InChI is InChI=1S/C14H13ClN2S/c1-17(11-5-3-2-4-6-11)13-8-7-10(14(16)18)9-12(13)15/h2-9H,1H3,(H2,16,18). The van der Waals surface area contributed by atoms with E-state index in [1.54, 1.807) is 6.07 Å². The Morgan fingerprint density at radius 3 is 2.39 bits per heavy atom. The summed E-state index contributed by atoms with van der Waals surface area (Å²) in [5.41, 5.74) is 8.35. The predicted molar refractivity (Wildman–Crippen MR) is 81.8 cm³/mol. The van der Waals surface area contributed by atoms with Crippen LogP contribution >= 0.6 is 23.8 Å². The molecule has 0 radical (unpaired) electrons. The Morgan fingerprint density at radius 1 is 1.17 bits per heavy atom. The van der Waals surface area contributed by atoms with Crippen molar-refractivity contribution in [3.8, 4) is 0 Å². The van der Waals surface area contributed by atoms with Crippen molar-refractivity contribution in [2.24, 2.45) is 5.73 Å². The van der Waals surface area contributed by atoms with E-state index >= 15 is 0 Å². The Kier molecular flexibility index (Phi) is 3.84. The number of nitrogens with zero attached hydrogens (tertiary/aromatic N) is 1. The molecule has 92 valence electrons. The van der Waals surface area contributed by atoms with E-state index in [-0.39, 0.29) is 0 Å². The van der Waals surface area contributed by atoms with Gasteiger partial charge in [-0.05, 0) is 30.3 Å². The SMILES string of the molecule is CN(c1ccccc1)c1ccc(C(N)=S)cc1Cl. The van der Waals surface area contributed by atoms with Gasteiger partial charge in [-0.3, -0.25) is 0 Å². The van der Waals surface area contributed by atoms with E-state index in [1.165, 1.54) is 0 Å². The highest BCUT2D eigenvalue weighted by atomic mass is 35.5. The van der Waals surface area contributed by atoms with Crippen LogP contribution in [0.2, 0.25) is 5.02 Å². The molecule has 4 heteroatoms. The van der Waals surface area contributed by atoms with Crippen LogP contribution < -0.4 is 10.6 Å². The van der Waals surface area contributed by atoms with Gasteiger partial charge in [-0.1, -0.05) is 42.0 Å². The average molecular weight is 277 g/mol. The van der Waals surface area contributed by atoms with Gasteiger partial charge in [0.25, 0.3) is 0 Å². The summed E-state index contributed by atoms with van der Waals surface area (Å²) in [5.74, 6) is 0. The molecule has 2 aromatic rings. The Labute approximate surface area is 117 Å². The molecule has 0 saturated carbocycles. The van der Waals surface area contributed by atoms with E-state index in [0.717, 1.165) is 16.9 Å². The van der Waals surface area contributed by atoms with E-state index in [0.29, 0.717) is 10.0 Å². The predicted octanol–water partition coefficient (Wildman–Crippen LogP) is 3.74. The second kappa shape index (κ2) is 5.38. The van der Waals surface area contributed by atoms with Gasteiger partial charge in [-0.15, -0.1) is 0 Å². The number of halogens is 1. The summed E-state index contributed by atoms with van der Waals surface area (Å²) in [5, 5.41) is 0.631. The number of rotatable bonds is 3. The zero-order valence-electron chi connectivity index (χ0n) is 9.93. The van der Waals surface area contributed by atoms with Crippen LogP contribution in [0.1, 0.15) is 5.56 Å². The number of hydrogen-bond donors (Lipinski definition) is 1. The molecule has 0 heterocycles. The van der Waals surface area contributed by atoms with E-state index in [1.807, 2.05) is 54.4 Å². The van der Waals surface area contributed by atoms with E-state index < -0.39 is 0 Å². The lowest BCUT2D eigenvalue weighted by molar-refractivity contribution is 1.21. The third-order valence-electron chi connectivity index (χ3n) is 2.74. The molecule has 0 aromatic heterocycles. The van der Waals surface area contributed by atoms with Crippen molar-refractivity contribution in [1.29, 1.82) is 0 Å². The molecule has 0 unspecified atom stereocenters. The van der Waals surface area contributed by atoms with Crippen LogP contribution in [-0.2, 0) is 0 Å². The van der Waals surface area contributed by atoms with Crippen molar-refractivity contribution >= 4 is 40.2 Å². The van der Waals surface area contributed by atoms with Gasteiger partial charge in [0.15, 0.2) is 0 Å². The maximum Gasteiger partial charge on any atom is 0.104 e. The average Bonchev–Trinajstić information content (AvgIpc) is 2.38. The highest BCUT2D eigenvalue weighted by Gasteiger charge is 2.09. The van der Waals surface area contributed by atoms with Crippen molar-refractivity contribution in [2.45, 2.75) is 0 Å². The number of nitrogens with two attached hydrogens (primary N) is 1. The molecule has 2 aromatic carbocycles. The largest absolute Gasteiger partial charge is 0.389 e. The first kappa shape index (κ1) is 12.9. The summed E-state index contributed by atoms with van der Waals surface area (Å²) in [7, 11) is 1.97. The molecule has 0 amide bonds. The molecule has 0 aliphatic heterocycles. The van der Waals surface area contributed by atoms with Crippen molar-refractivity contribution < 1.29 is 0 Å². The third-order valence-corrected chi connectivity index (χ3v) is 3.28. The quantitative estimate of drug-likeness (QED) is 0.866. The van der Waals surface area contributed by atoms with Crippen LogP contribution in [0.25, 0.3) is 0 Å². The first-order chi connectivity index (χ1) is 8.59. The lowest BCUT2D eigenvalue weighted by atomic mass is 10.2. The van der Waals surface area contributed by atoms with Crippen LogP contribution in [0.15, 0.2) is 48.5 Å². The van der Waals surface area contributed by atoms with Gasteiger partial charge in [-0.25, -0.2) is 0 Å². The van der Waals surface area contributed by atoms with Crippen molar-refractivity contribution in [3.63, 3.8) is 0 Å². The number of benzene rings is 2. The Balaban J connectivity index is 2.37. The minimum absolute atomic E-state index is 0.353. The molecule has 0 atom stereocenters. The minimum atomic E-state index is 0.353. The zero-order valence-corrected chi connectivity index (χ0v) is 11.5. The summed E-state index contributed by atoms with van der Waals surface area (Å²) in [4.78, 5) is 2.37. The topological polar surface area (TPSA) is 29.3 Å². The molecule has 0 aliphatic carbocycles. The molecule has 2 rings (SSSR count). The second-order valence-corrected chi connectivity index (χ2v) is 4.77. The number of anilines is 2. The Morgan fingerprint density at radius 2 is 1.83 bits per heavy atom. The lowest BCUT2D eigenvalue weighted by Crippen LogP contribution is -2.12. The van der Waals surface area contributed by atoms with Gasteiger partial charge in [0, 0.05) is 18.3 Å². The maximum atomic E-state index is 6.26. The first-order valence-corrected chi connectivity index (χ1v) is 6.26. The van der Waals surface area contributed by atoms with Gasteiger partial charge in [0.1, 0.15) is 4.99 Å². The highest BCUT2D eigenvalue weighted by molar-refractivity contribution is 7.80. The van der Waals surface area contributed by atoms with Crippen LogP contribution in [0.3, 0.4) is 0 Å². The highest BCUT2D eigenvalue weighted by Crippen LogP contribution is 2.31. The fourth-order valence-electron chi connectivity index (χ4n) is 1.72. The molecule has 0 spiro atoms. The Bertz CT molecular complexity index is 569. The van der Waals surface area contributed by atoms with Crippen LogP contribution in [0, 0.1) is 0 Å². The zero-order chi connectivity index (χ0) is 13.1. The molecule has 0 bridgehead atoms. The fraction of sp³-hybridized carbons (Fsp3) is 0.0714. The van der Waals surface area contributed by atoms with Crippen LogP contribution in [-0.4, -0.2) is 12.0 Å². The molecule has 2 N–H and O–H groups in total. The lowest BCUT2D eigenvalue weighted by Gasteiger charge is -2.21. The van der Waals surface area contributed by atoms with Gasteiger partial charge < -0.3 is 10.6 Å². The molecule has 0 saturated heterocycles. The molecule has 2 nitrogen and oxygen atoms in total. The van der Waals surface area contributed by atoms with Crippen molar-refractivity contribution in [1.82, 2.24) is 0 Å². The van der Waals surface area contributed by atoms with Crippen molar-refractivity contribution in [3.05, 3.63) is 59.1 Å². The van der Waals surface area contributed by atoms with Crippen LogP contribution in [0.4, 0.5) is 11.4 Å². The van der Waals surface area contributed by atoms with Crippen LogP contribution in [0.5, 0.6) is 0 Å². The summed E-state index contributed by atoms with van der Waals surface area (Å²) >= 11 is 11.2. The third kappa shape index (κ3) is 2.63. The number of para-hydroxylation sites is 1. The van der Waals surface area contributed by atoms with E-state index in [2.05, 4.69) is 0 Å². The van der Waals surface area contributed by atoms with E-state index in [4.69, 9.17) is 29.6 Å². The fourth-order valence-corrected chi connectivity index (χ4v) is 2.16. The summed E-state index contributed by atoms with van der Waals surface area (Å²) in [6.45, 7) is 0. The molecule has 18 heavy (non-hydrogen) atoms. The van der Waals surface area contributed by atoms with E-state index in [9.17, 15) is 0 Å². The minimum Gasteiger partial charge on any atom is -0.389 e. The molecule has 0 fully saturated rings. The number of thiocarbonyl (C=S) groups is 1. The maximum absolute atomic E-state index is 6.26. The molecule has 0 aliphatic rings. The normalized spacial score (nSPS) is 10.1. The molecular formula is C14H13ClN2S. The first-order valence-electron chi connectivity index (χ1n) is 5.47. The van der Waals surface area contributed by atoms with Gasteiger partial charge >= 0.3 is 0 Å². The molecular weight excluding hydrogens is 264 g/mol. The summed E-state index contributed by atoms with van der Waals surface area (Å²) < 4.78 is 0. The summed E-state index contributed by atoms with van der Waals surface area (Å²) in [6.07, 6.45) is 0. The Hall–Kier alpha value is -1.58. The second-order valence-electron chi connectivity index (χ2n) is 3.93. The number of hydrogen-bond acceptors (Lipinski definition) is 2. The van der Waals surface area contributed by atoms with Gasteiger partial charge in [-0.2, -0.15) is 0 Å². The van der Waals surface area contributed by atoms with Crippen molar-refractivity contribution in [2.75, 3.05) is 11.9 Å². The monoisotopic (exact) mass is 276 g/mol. The smallest absolute Gasteiger partial charge is 0.104 e. The van der Waals surface area contributed by atoms with Gasteiger partial charge in [0.05, 0.1) is 10.7 Å².